The molecule has 9 heteroatoms. The Morgan fingerprint density at radius 1 is 1.23 bits per heavy atom. The molecule has 9 nitrogen and oxygen atoms in total. The molecule has 2 aromatic rings. The van der Waals surface area contributed by atoms with Crippen LogP contribution in [-0.2, 0) is 33.0 Å². The van der Waals surface area contributed by atoms with Crippen molar-refractivity contribution in [1.82, 2.24) is 10.2 Å². The lowest BCUT2D eigenvalue weighted by atomic mass is 9.82. The van der Waals surface area contributed by atoms with E-state index in [4.69, 9.17) is 0 Å². The maximum Gasteiger partial charge on any atom is 0.261 e. The maximum atomic E-state index is 13.1. The molecule has 1 fully saturated rings. The third-order valence-corrected chi connectivity index (χ3v) is 8.22. The number of amides is 3. The summed E-state index contributed by atoms with van der Waals surface area (Å²) in [5, 5.41) is 30.4. The molecule has 1 unspecified atom stereocenters. The number of anilines is 2. The first kappa shape index (κ1) is 27.1. The molecule has 4 atom stereocenters. The number of hydrogen-bond acceptors (Lipinski definition) is 6. The minimum atomic E-state index is -1.85. The number of aliphatic hydroxyl groups excluding tert-OH is 1. The van der Waals surface area contributed by atoms with Crippen molar-refractivity contribution in [2.24, 2.45) is 11.8 Å². The summed E-state index contributed by atoms with van der Waals surface area (Å²) in [4.78, 5) is 40.4. The van der Waals surface area contributed by atoms with Crippen LogP contribution >= 0.6 is 0 Å². The van der Waals surface area contributed by atoms with Crippen molar-refractivity contribution in [3.05, 3.63) is 71.3 Å². The monoisotopic (exact) mass is 532 g/mol. The Kier molecular flexibility index (Phi) is 7.83. The Hall–Kier alpha value is -3.53. The van der Waals surface area contributed by atoms with Gasteiger partial charge >= 0.3 is 0 Å². The smallest absolute Gasteiger partial charge is 0.261 e. The summed E-state index contributed by atoms with van der Waals surface area (Å²) in [7, 11) is 0. The Morgan fingerprint density at radius 2 is 2.03 bits per heavy atom. The van der Waals surface area contributed by atoms with Crippen molar-refractivity contribution in [2.45, 2.75) is 50.8 Å². The molecule has 3 heterocycles. The first-order valence-electron chi connectivity index (χ1n) is 13.6. The van der Waals surface area contributed by atoms with Gasteiger partial charge < -0.3 is 31.1 Å². The van der Waals surface area contributed by atoms with Crippen molar-refractivity contribution in [2.75, 3.05) is 30.3 Å². The van der Waals surface area contributed by atoms with Crippen molar-refractivity contribution >= 4 is 29.1 Å². The fourth-order valence-corrected chi connectivity index (χ4v) is 5.83. The number of carbonyl (C=O) groups is 3. The molecule has 2 aromatic carbocycles. The highest BCUT2D eigenvalue weighted by atomic mass is 16.3. The molecule has 1 saturated heterocycles. The molecule has 39 heavy (non-hydrogen) atoms. The number of nitrogens with one attached hydrogen (secondary N) is 3. The molecule has 0 saturated carbocycles. The topological polar surface area (TPSA) is 131 Å². The van der Waals surface area contributed by atoms with Crippen molar-refractivity contribution in [1.29, 1.82) is 0 Å². The van der Waals surface area contributed by atoms with Gasteiger partial charge in [0, 0.05) is 42.4 Å². The van der Waals surface area contributed by atoms with E-state index in [9.17, 15) is 24.6 Å². The number of hydrogen-bond donors (Lipinski definition) is 5. The lowest BCUT2D eigenvalue weighted by Gasteiger charge is -2.36. The summed E-state index contributed by atoms with van der Waals surface area (Å²) < 4.78 is 0. The maximum absolute atomic E-state index is 13.1. The number of benzene rings is 2. The highest BCUT2D eigenvalue weighted by molar-refractivity contribution is 6.06. The molecule has 5 rings (SSSR count). The quantitative estimate of drug-likeness (QED) is 0.348. The van der Waals surface area contributed by atoms with Crippen LogP contribution in [0, 0.1) is 11.8 Å². The molecular formula is C30H36N4O5. The number of nitrogens with zero attached hydrogens (tertiary/aromatic N) is 1. The van der Waals surface area contributed by atoms with Crippen LogP contribution in [0.3, 0.4) is 0 Å². The van der Waals surface area contributed by atoms with Gasteiger partial charge in [0.05, 0.1) is 18.6 Å². The van der Waals surface area contributed by atoms with Crippen molar-refractivity contribution < 1.29 is 24.6 Å². The molecule has 206 valence electrons. The van der Waals surface area contributed by atoms with Crippen LogP contribution in [0.5, 0.6) is 0 Å². The number of piperidine rings is 1. The predicted octanol–water partition coefficient (Wildman–Crippen LogP) is 2.29. The van der Waals surface area contributed by atoms with Gasteiger partial charge in [-0.15, -0.1) is 0 Å². The van der Waals surface area contributed by atoms with E-state index < -0.39 is 17.4 Å². The van der Waals surface area contributed by atoms with E-state index in [-0.39, 0.29) is 36.8 Å². The van der Waals surface area contributed by atoms with E-state index in [2.05, 4.69) is 16.0 Å². The van der Waals surface area contributed by atoms with Gasteiger partial charge in [0.15, 0.2) is 5.60 Å². The van der Waals surface area contributed by atoms with E-state index in [0.717, 1.165) is 30.5 Å². The van der Waals surface area contributed by atoms with Gasteiger partial charge in [0.2, 0.25) is 11.8 Å². The van der Waals surface area contributed by atoms with Crippen LogP contribution < -0.4 is 16.0 Å². The van der Waals surface area contributed by atoms with E-state index in [1.165, 1.54) is 0 Å². The summed E-state index contributed by atoms with van der Waals surface area (Å²) in [5.41, 5.74) is 1.77. The van der Waals surface area contributed by atoms with Gasteiger partial charge in [-0.2, -0.15) is 0 Å². The van der Waals surface area contributed by atoms with Crippen LogP contribution in [0.2, 0.25) is 0 Å². The summed E-state index contributed by atoms with van der Waals surface area (Å²) in [6, 6.07) is 12.7. The molecule has 3 amide bonds. The van der Waals surface area contributed by atoms with Crippen LogP contribution in [-0.4, -0.2) is 58.6 Å². The molecule has 0 spiro atoms. The third-order valence-electron chi connectivity index (χ3n) is 8.22. The van der Waals surface area contributed by atoms with E-state index in [1.807, 2.05) is 24.3 Å². The molecule has 0 aliphatic carbocycles. The lowest BCUT2D eigenvalue weighted by molar-refractivity contribution is -0.137. The predicted molar refractivity (Wildman–Crippen MR) is 148 cm³/mol. The second-order valence-corrected chi connectivity index (χ2v) is 10.8. The van der Waals surface area contributed by atoms with Crippen molar-refractivity contribution in [3.8, 4) is 0 Å². The zero-order chi connectivity index (χ0) is 27.6. The van der Waals surface area contributed by atoms with Crippen LogP contribution in [0.25, 0.3) is 0 Å². The van der Waals surface area contributed by atoms with Gasteiger partial charge in [0.25, 0.3) is 5.91 Å². The lowest BCUT2D eigenvalue weighted by Crippen LogP contribution is -2.46. The summed E-state index contributed by atoms with van der Waals surface area (Å²) in [6.45, 7) is 3.59. The van der Waals surface area contributed by atoms with Gasteiger partial charge in [-0.05, 0) is 55.1 Å². The van der Waals surface area contributed by atoms with E-state index in [0.29, 0.717) is 36.4 Å². The Morgan fingerprint density at radius 3 is 2.77 bits per heavy atom. The van der Waals surface area contributed by atoms with Gasteiger partial charge in [-0.25, -0.2) is 0 Å². The second kappa shape index (κ2) is 11.3. The van der Waals surface area contributed by atoms with Crippen LogP contribution in [0.15, 0.2) is 54.6 Å². The molecule has 3 aliphatic heterocycles. The number of rotatable bonds is 7. The fourth-order valence-electron chi connectivity index (χ4n) is 5.83. The largest absolute Gasteiger partial charge is 0.394 e. The zero-order valence-electron chi connectivity index (χ0n) is 22.2. The van der Waals surface area contributed by atoms with Gasteiger partial charge in [-0.3, -0.25) is 14.4 Å². The van der Waals surface area contributed by atoms with Gasteiger partial charge in [-0.1, -0.05) is 43.3 Å². The highest BCUT2D eigenvalue weighted by Crippen LogP contribution is 2.43. The van der Waals surface area contributed by atoms with Crippen LogP contribution in [0.1, 0.15) is 42.9 Å². The minimum absolute atomic E-state index is 0.0824. The average molecular weight is 533 g/mol. The number of aliphatic hydroxyl groups is 2. The zero-order valence-corrected chi connectivity index (χ0v) is 22.2. The first-order chi connectivity index (χ1) is 18.8. The summed E-state index contributed by atoms with van der Waals surface area (Å²) in [6.07, 6.45) is 5.80. The molecule has 0 aromatic heterocycles. The normalized spacial score (nSPS) is 25.1. The summed E-state index contributed by atoms with van der Waals surface area (Å²) in [5.74, 6) is -1.53. The Bertz CT molecular complexity index is 1290. The molecule has 5 N–H and O–H groups in total. The van der Waals surface area contributed by atoms with E-state index >= 15 is 0 Å². The fraction of sp³-hybridized carbons (Fsp3) is 0.433. The molecule has 0 bridgehead atoms. The van der Waals surface area contributed by atoms with Crippen molar-refractivity contribution in [3.63, 3.8) is 0 Å². The SMILES string of the molecule is C[C@H](/C=C/CC(=O)N1Cc2ccccc2C[C@H]1CO)[C@@]1(O)C(=O)Nc2ccc(NC(=O)C3CCCNC3)cc21. The number of fused-ring (bicyclic) bond motifs is 2. The Labute approximate surface area is 228 Å². The van der Waals surface area contributed by atoms with Gasteiger partial charge in [0.1, 0.15) is 0 Å². The standard InChI is InChI=1S/C30H36N4O5/c1-19(6-4-10-27(36)34-17-22-8-3-2-7-20(22)14-24(34)18-35)30(39)25-15-23(11-12-26(25)33-29(30)38)32-28(37)21-9-5-13-31-16-21/h2-4,6-8,11-12,15,19,21,24,31,35,39H,5,9-10,13-14,16-18H2,1H3,(H,32,37)(H,33,38)/b6-4+/t19-,21?,24+,30+/m1/s1. The number of carbonyl (C=O) groups excluding carboxylic acids is 3. The second-order valence-electron chi connectivity index (χ2n) is 10.8. The third kappa shape index (κ3) is 5.34. The highest BCUT2D eigenvalue weighted by Gasteiger charge is 2.48. The molecular weight excluding hydrogens is 496 g/mol. The average Bonchev–Trinajstić information content (AvgIpc) is 3.22. The minimum Gasteiger partial charge on any atom is -0.394 e. The Balaban J connectivity index is 1.27. The van der Waals surface area contributed by atoms with E-state index in [1.54, 1.807) is 42.2 Å². The molecule has 3 aliphatic rings. The summed E-state index contributed by atoms with van der Waals surface area (Å²) >= 11 is 0. The molecule has 0 radical (unpaired) electrons. The first-order valence-corrected chi connectivity index (χ1v) is 13.6. The van der Waals surface area contributed by atoms with Crippen LogP contribution in [0.4, 0.5) is 11.4 Å².